The fourth-order valence-electron chi connectivity index (χ4n) is 6.17. The van der Waals surface area contributed by atoms with E-state index in [4.69, 9.17) is 0 Å². The van der Waals surface area contributed by atoms with Crippen LogP contribution in [0.15, 0.2) is 0 Å². The lowest BCUT2D eigenvalue weighted by Crippen LogP contribution is -2.62. The summed E-state index contributed by atoms with van der Waals surface area (Å²) >= 11 is 0. The highest BCUT2D eigenvalue weighted by molar-refractivity contribution is 5.83. The molecule has 0 aromatic carbocycles. The first-order valence-electron chi connectivity index (χ1n) is 8.90. The van der Waals surface area contributed by atoms with Crippen LogP contribution in [0.3, 0.4) is 0 Å². The van der Waals surface area contributed by atoms with Gasteiger partial charge >= 0.3 is 6.18 Å². The van der Waals surface area contributed by atoms with Gasteiger partial charge in [0.15, 0.2) is 0 Å². The second-order valence-corrected chi connectivity index (χ2v) is 8.54. The molecule has 5 fully saturated rings. The number of nitrogens with one attached hydrogen (secondary N) is 2. The number of amides is 1. The standard InChI is InChI=1S/C17H25F3N2O/c18-17(19,20)16-7-11-4-12(8-16)6-15(5-11,10-16)14(23)22-13-2-1-3-21-9-13/h11-13,21H,1-10H2,(H,22,23)/t11?,12?,13-,15?,16?/m0/s1. The molecule has 130 valence electrons. The van der Waals surface area contributed by atoms with Gasteiger partial charge < -0.3 is 10.6 Å². The van der Waals surface area contributed by atoms with Crippen molar-refractivity contribution in [3.8, 4) is 0 Å². The molecule has 1 amide bonds. The summed E-state index contributed by atoms with van der Waals surface area (Å²) in [5, 5.41) is 6.33. The van der Waals surface area contributed by atoms with Crippen molar-refractivity contribution in [2.75, 3.05) is 13.1 Å². The quantitative estimate of drug-likeness (QED) is 0.817. The normalized spacial score (nSPS) is 46.0. The van der Waals surface area contributed by atoms with E-state index in [0.29, 0.717) is 12.8 Å². The van der Waals surface area contributed by atoms with Crippen LogP contribution in [0.5, 0.6) is 0 Å². The number of alkyl halides is 3. The number of carbonyl (C=O) groups is 1. The van der Waals surface area contributed by atoms with Crippen molar-refractivity contribution in [3.05, 3.63) is 0 Å². The molecule has 0 spiro atoms. The Morgan fingerprint density at radius 2 is 1.83 bits per heavy atom. The molecule has 0 radical (unpaired) electrons. The summed E-state index contributed by atoms with van der Waals surface area (Å²) in [6.45, 7) is 1.69. The van der Waals surface area contributed by atoms with Gasteiger partial charge in [0.2, 0.25) is 5.91 Å². The number of rotatable bonds is 2. The molecule has 1 aliphatic heterocycles. The van der Waals surface area contributed by atoms with E-state index in [1.165, 1.54) is 0 Å². The Morgan fingerprint density at radius 1 is 1.13 bits per heavy atom. The third-order valence-electron chi connectivity index (χ3n) is 6.78. The molecule has 6 heteroatoms. The topological polar surface area (TPSA) is 41.1 Å². The van der Waals surface area contributed by atoms with Crippen molar-refractivity contribution in [3.63, 3.8) is 0 Å². The van der Waals surface area contributed by atoms with E-state index in [2.05, 4.69) is 10.6 Å². The minimum Gasteiger partial charge on any atom is -0.352 e. The Kier molecular flexibility index (Phi) is 3.49. The Morgan fingerprint density at radius 3 is 2.39 bits per heavy atom. The number of hydrogen-bond acceptors (Lipinski definition) is 2. The molecule has 0 aromatic rings. The maximum Gasteiger partial charge on any atom is 0.394 e. The number of piperidine rings is 1. The van der Waals surface area contributed by atoms with Gasteiger partial charge in [-0.1, -0.05) is 0 Å². The molecule has 5 rings (SSSR count). The molecule has 4 bridgehead atoms. The predicted octanol–water partition coefficient (Wildman–Crippen LogP) is 3.00. The highest BCUT2D eigenvalue weighted by atomic mass is 19.4. The number of hydrogen-bond donors (Lipinski definition) is 2. The van der Waals surface area contributed by atoms with Crippen molar-refractivity contribution < 1.29 is 18.0 Å². The Balaban J connectivity index is 1.56. The first kappa shape index (κ1) is 15.7. The summed E-state index contributed by atoms with van der Waals surface area (Å²) in [5.74, 6) is 0.0511. The molecule has 0 aromatic heterocycles. The van der Waals surface area contributed by atoms with Crippen LogP contribution in [0.1, 0.15) is 51.4 Å². The SMILES string of the molecule is O=C(N[C@H]1CCCNC1)C12CC3CC(C1)CC(C(F)(F)F)(C3)C2. The van der Waals surface area contributed by atoms with Gasteiger partial charge in [-0.2, -0.15) is 13.2 Å². The largest absolute Gasteiger partial charge is 0.394 e. The maximum atomic E-state index is 13.7. The third-order valence-corrected chi connectivity index (χ3v) is 6.78. The zero-order valence-corrected chi connectivity index (χ0v) is 13.3. The Labute approximate surface area is 134 Å². The Hall–Kier alpha value is -0.780. The monoisotopic (exact) mass is 330 g/mol. The molecule has 4 aliphatic carbocycles. The van der Waals surface area contributed by atoms with Crippen LogP contribution < -0.4 is 10.6 Å². The number of carbonyl (C=O) groups excluding carboxylic acids is 1. The van der Waals surface area contributed by atoms with E-state index < -0.39 is 17.0 Å². The molecule has 1 saturated heterocycles. The smallest absolute Gasteiger partial charge is 0.352 e. The van der Waals surface area contributed by atoms with Crippen molar-refractivity contribution in [2.45, 2.75) is 63.6 Å². The van der Waals surface area contributed by atoms with Crippen molar-refractivity contribution in [1.82, 2.24) is 10.6 Å². The summed E-state index contributed by atoms with van der Waals surface area (Å²) < 4.78 is 41.2. The predicted molar refractivity (Wildman–Crippen MR) is 79.6 cm³/mol. The first-order valence-corrected chi connectivity index (χ1v) is 8.90. The molecule has 2 unspecified atom stereocenters. The van der Waals surface area contributed by atoms with E-state index >= 15 is 0 Å². The molecule has 23 heavy (non-hydrogen) atoms. The van der Waals surface area contributed by atoms with Crippen LogP contribution in [0.25, 0.3) is 0 Å². The van der Waals surface area contributed by atoms with Crippen molar-refractivity contribution >= 4 is 5.91 Å². The molecule has 4 saturated carbocycles. The lowest BCUT2D eigenvalue weighted by molar-refractivity contribution is -0.283. The lowest BCUT2D eigenvalue weighted by Gasteiger charge is -2.61. The fraction of sp³-hybridized carbons (Fsp3) is 0.941. The first-order chi connectivity index (χ1) is 10.8. The Bertz CT molecular complexity index is 485. The van der Waals surface area contributed by atoms with Crippen molar-refractivity contribution in [2.24, 2.45) is 22.7 Å². The van der Waals surface area contributed by atoms with Crippen LogP contribution >= 0.6 is 0 Å². The average Bonchev–Trinajstić information content (AvgIpc) is 2.45. The van der Waals surface area contributed by atoms with Gasteiger partial charge in [0, 0.05) is 12.6 Å². The van der Waals surface area contributed by atoms with E-state index in [1.54, 1.807) is 0 Å². The van der Waals surface area contributed by atoms with Gasteiger partial charge in [0.25, 0.3) is 0 Å². The highest BCUT2D eigenvalue weighted by Crippen LogP contribution is 2.69. The van der Waals surface area contributed by atoms with E-state index in [1.807, 2.05) is 0 Å². The van der Waals surface area contributed by atoms with Gasteiger partial charge in [-0.25, -0.2) is 0 Å². The van der Waals surface area contributed by atoms with E-state index in [-0.39, 0.29) is 43.0 Å². The second-order valence-electron chi connectivity index (χ2n) is 8.54. The van der Waals surface area contributed by atoms with Gasteiger partial charge in [-0.15, -0.1) is 0 Å². The minimum atomic E-state index is -4.18. The van der Waals surface area contributed by atoms with Gasteiger partial charge in [0.1, 0.15) is 0 Å². The lowest BCUT2D eigenvalue weighted by atomic mass is 9.43. The molecular weight excluding hydrogens is 305 g/mol. The molecule has 3 nitrogen and oxygen atoms in total. The molecule has 3 atom stereocenters. The van der Waals surface area contributed by atoms with Crippen LogP contribution in [0, 0.1) is 22.7 Å². The maximum absolute atomic E-state index is 13.7. The van der Waals surface area contributed by atoms with Crippen LogP contribution in [-0.4, -0.2) is 31.2 Å². The zero-order valence-electron chi connectivity index (χ0n) is 13.3. The van der Waals surface area contributed by atoms with Gasteiger partial charge in [-0.3, -0.25) is 4.79 Å². The highest BCUT2D eigenvalue weighted by Gasteiger charge is 2.68. The fourth-order valence-corrected chi connectivity index (χ4v) is 6.17. The summed E-state index contributed by atoms with van der Waals surface area (Å²) in [4.78, 5) is 12.9. The molecule has 2 N–H and O–H groups in total. The molecular formula is C17H25F3N2O. The van der Waals surface area contributed by atoms with E-state index in [0.717, 1.165) is 32.4 Å². The average molecular weight is 330 g/mol. The summed E-state index contributed by atoms with van der Waals surface area (Å²) in [7, 11) is 0. The van der Waals surface area contributed by atoms with E-state index in [9.17, 15) is 18.0 Å². The van der Waals surface area contributed by atoms with Crippen LogP contribution in [0.4, 0.5) is 13.2 Å². The second kappa shape index (κ2) is 5.11. The third kappa shape index (κ3) is 2.48. The molecule has 1 heterocycles. The van der Waals surface area contributed by atoms with Gasteiger partial charge in [-0.05, 0) is 69.7 Å². The summed E-state index contributed by atoms with van der Waals surface area (Å²) in [5.41, 5.74) is -2.36. The number of halogens is 3. The minimum absolute atomic E-state index is 0.0164. The van der Waals surface area contributed by atoms with Crippen LogP contribution in [0.2, 0.25) is 0 Å². The summed E-state index contributed by atoms with van der Waals surface area (Å²) in [6, 6.07) is 0.0751. The molecule has 5 aliphatic rings. The van der Waals surface area contributed by atoms with Crippen molar-refractivity contribution in [1.29, 1.82) is 0 Å². The zero-order chi connectivity index (χ0) is 16.3. The summed E-state index contributed by atoms with van der Waals surface area (Å²) in [6.07, 6.45) is 0.464. The van der Waals surface area contributed by atoms with Crippen LogP contribution in [-0.2, 0) is 4.79 Å². The van der Waals surface area contributed by atoms with Gasteiger partial charge in [0.05, 0.1) is 10.8 Å².